The van der Waals surface area contributed by atoms with Crippen molar-refractivity contribution >= 4 is 9.28 Å². The van der Waals surface area contributed by atoms with Crippen LogP contribution in [0.3, 0.4) is 0 Å². The van der Waals surface area contributed by atoms with Gasteiger partial charge in [0.15, 0.2) is 0 Å². The van der Waals surface area contributed by atoms with Gasteiger partial charge in [-0.2, -0.15) is 35.4 Å². The Kier molecular flexibility index (Phi) is 11.3. The second kappa shape index (κ2) is 14.5. The largest absolute Gasteiger partial charge is 0.266 e. The van der Waals surface area contributed by atoms with Crippen molar-refractivity contribution in [1.82, 2.24) is 0 Å². The van der Waals surface area contributed by atoms with E-state index in [2.05, 4.69) is 177 Å². The number of hydrogen-bond donors (Lipinski definition) is 0. The number of hydrogen-bond acceptors (Lipinski definition) is 0. The second-order valence-corrected chi connectivity index (χ2v) is 16.5. The molecule has 0 aromatic heterocycles. The van der Waals surface area contributed by atoms with Gasteiger partial charge in [0, 0.05) is 0 Å². The van der Waals surface area contributed by atoms with Gasteiger partial charge in [-0.1, -0.05) is 115 Å². The molecule has 1 atom stereocenters. The van der Waals surface area contributed by atoms with Crippen LogP contribution in [0.2, 0.25) is 0 Å². The molecule has 4 aromatic carbocycles. The molecule has 0 aliphatic heterocycles. The van der Waals surface area contributed by atoms with Crippen molar-refractivity contribution < 1.29 is 24.2 Å². The van der Waals surface area contributed by atoms with Gasteiger partial charge in [-0.25, -0.2) is 5.57 Å². The fourth-order valence-electron chi connectivity index (χ4n) is 5.87. The van der Waals surface area contributed by atoms with Crippen LogP contribution < -0.4 is 0 Å². The first-order valence-corrected chi connectivity index (χ1v) is 18.1. The third-order valence-electron chi connectivity index (χ3n) is 8.76. The fourth-order valence-corrected chi connectivity index (χ4v) is 6.35. The Labute approximate surface area is 295 Å². The predicted octanol–water partition coefficient (Wildman–Crippen LogP) is 11.8. The van der Waals surface area contributed by atoms with Crippen molar-refractivity contribution in [1.29, 1.82) is 0 Å². The summed E-state index contributed by atoms with van der Waals surface area (Å²) in [6.07, 6.45) is 6.68. The number of allylic oxidation sites excluding steroid dienone is 4. The minimum absolute atomic E-state index is 0.167. The van der Waals surface area contributed by atoms with E-state index in [9.17, 15) is 0 Å². The number of fused-ring (bicyclic) bond motifs is 3. The van der Waals surface area contributed by atoms with Crippen LogP contribution in [-0.2, 0) is 46.9 Å². The predicted molar refractivity (Wildman–Crippen MR) is 197 cm³/mol. The fraction of sp³-hybridized carbons (Fsp3) is 0.356. The third kappa shape index (κ3) is 9.13. The molecule has 0 saturated heterocycles. The maximum atomic E-state index is 3.67. The van der Waals surface area contributed by atoms with Crippen molar-refractivity contribution in [3.8, 4) is 11.1 Å². The summed E-state index contributed by atoms with van der Waals surface area (Å²) in [6, 6.07) is 34.5. The van der Waals surface area contributed by atoms with Crippen molar-refractivity contribution in [3.05, 3.63) is 148 Å². The maximum absolute atomic E-state index is 3.67. The molecule has 0 amide bonds. The number of rotatable bonds is 2. The van der Waals surface area contributed by atoms with Crippen LogP contribution in [0.4, 0.5) is 0 Å². The molecule has 236 valence electrons. The summed E-state index contributed by atoms with van der Waals surface area (Å²) >= 11 is 1.46. The molecule has 4 aromatic rings. The molecule has 0 fully saturated rings. The molecule has 0 bridgehead atoms. The monoisotopic (exact) mass is 682 g/mol. The van der Waals surface area contributed by atoms with Gasteiger partial charge in [-0.15, -0.1) is 16.7 Å². The zero-order valence-corrected chi connectivity index (χ0v) is 32.5. The summed E-state index contributed by atoms with van der Waals surface area (Å²) in [6.45, 7) is 24.6. The summed E-state index contributed by atoms with van der Waals surface area (Å²) in [5.41, 5.74) is 15.6. The third-order valence-corrected chi connectivity index (χ3v) is 9.58. The molecule has 0 nitrogen and oxygen atoms in total. The van der Waals surface area contributed by atoms with E-state index in [1.807, 2.05) is 6.07 Å². The van der Waals surface area contributed by atoms with Crippen LogP contribution in [-0.4, -0.2) is 3.71 Å². The van der Waals surface area contributed by atoms with E-state index in [-0.39, 0.29) is 16.2 Å². The van der Waals surface area contributed by atoms with Crippen LogP contribution in [0.15, 0.2) is 96.6 Å². The Morgan fingerprint density at radius 1 is 0.696 bits per heavy atom. The quantitative estimate of drug-likeness (QED) is 0.162. The Hall–Kier alpha value is -2.89. The van der Waals surface area contributed by atoms with Crippen LogP contribution in [0.5, 0.6) is 0 Å². The molecule has 6 rings (SSSR count). The average Bonchev–Trinajstić information content (AvgIpc) is 3.54. The number of benzene rings is 4. The summed E-state index contributed by atoms with van der Waals surface area (Å²) in [5.74, 6) is 0.468. The van der Waals surface area contributed by atoms with E-state index in [1.165, 1.54) is 85.5 Å². The van der Waals surface area contributed by atoms with Gasteiger partial charge in [-0.05, 0) is 28.4 Å². The van der Waals surface area contributed by atoms with Gasteiger partial charge in [0.05, 0.1) is 0 Å². The van der Waals surface area contributed by atoms with Crippen LogP contribution in [0.25, 0.3) is 16.7 Å². The zero-order valence-electron chi connectivity index (χ0n) is 30.0. The van der Waals surface area contributed by atoms with Gasteiger partial charge in [0.1, 0.15) is 0 Å². The molecular weight excluding hydrogens is 632 g/mol. The topological polar surface area (TPSA) is 0 Å². The molecule has 1 unspecified atom stereocenters. The Morgan fingerprint density at radius 3 is 1.80 bits per heavy atom. The molecule has 0 saturated carbocycles. The van der Waals surface area contributed by atoms with Crippen molar-refractivity contribution in [2.75, 3.05) is 0 Å². The molecule has 2 aliphatic carbocycles. The molecule has 0 radical (unpaired) electrons. The molecule has 2 aliphatic rings. The molecule has 1 heteroatoms. The molecule has 0 spiro atoms. The van der Waals surface area contributed by atoms with Gasteiger partial charge < -0.3 is 0 Å². The van der Waals surface area contributed by atoms with Crippen LogP contribution in [0, 0.1) is 18.1 Å². The van der Waals surface area contributed by atoms with E-state index in [4.69, 9.17) is 0 Å². The molecular formula is C45H52Zr. The van der Waals surface area contributed by atoms with E-state index in [0.29, 0.717) is 5.92 Å². The normalized spacial score (nSPS) is 15.4. The van der Waals surface area contributed by atoms with Crippen LogP contribution in [0.1, 0.15) is 115 Å². The van der Waals surface area contributed by atoms with Crippen molar-refractivity contribution in [3.63, 3.8) is 0 Å². The Balaban J connectivity index is 0.000000166. The zero-order chi connectivity index (χ0) is 33.9. The van der Waals surface area contributed by atoms with Crippen molar-refractivity contribution in [2.24, 2.45) is 5.92 Å². The van der Waals surface area contributed by atoms with Crippen molar-refractivity contribution in [2.45, 2.75) is 98.8 Å². The molecule has 46 heavy (non-hydrogen) atoms. The van der Waals surface area contributed by atoms with E-state index >= 15 is 0 Å². The minimum Gasteiger partial charge on any atom is -0.266 e. The Morgan fingerprint density at radius 2 is 1.28 bits per heavy atom. The first kappa shape index (κ1) is 36.0. The first-order valence-electron chi connectivity index (χ1n) is 16.7. The van der Waals surface area contributed by atoms with E-state index < -0.39 is 0 Å². The molecule has 0 heterocycles. The molecule has 0 N–H and O–H groups in total. The SMILES string of the molecule is CC(C)(C)c1[c-]c2c(cc1)-c1ccc(C(C)(C)C)cc1C2.CC(C)(C)c1ccc([CH]=[Zr+2])cc1.CC1=[C-]C(C)C=C1c1ccccc1. The maximum Gasteiger partial charge on any atom is -0.0623 e. The smallest absolute Gasteiger partial charge is 0.0623 e. The van der Waals surface area contributed by atoms with Gasteiger partial charge in [0.25, 0.3) is 0 Å². The summed E-state index contributed by atoms with van der Waals surface area (Å²) in [5, 5.41) is 0. The Bertz CT molecular complexity index is 1650. The average molecular weight is 684 g/mol. The summed E-state index contributed by atoms with van der Waals surface area (Å²) in [4.78, 5) is 0. The standard InChI is InChI=1S/C21H25.C13H13.C11H14.Zr/c1-20(2,3)16-7-9-18-14(12-16)11-15-13-17(21(4,5)6)8-10-19(15)18;1-10-8-11(2)13(9-10)12-6-4-3-5-7-12;1-9-5-7-10(8-6-9)11(2,3)4;/h7-10,12H,11H2,1-6H3;3-7,9-10H,1-2H3;1,5-8H,2-4H3;/q2*-1;;+2. The van der Waals surface area contributed by atoms with E-state index in [1.54, 1.807) is 0 Å². The minimum atomic E-state index is 0.167. The second-order valence-electron chi connectivity index (χ2n) is 15.8. The summed E-state index contributed by atoms with van der Waals surface area (Å²) < 4.78 is 2.21. The van der Waals surface area contributed by atoms with Gasteiger partial charge >= 0.3 is 89.5 Å². The first-order chi connectivity index (χ1) is 21.5. The van der Waals surface area contributed by atoms with Crippen LogP contribution >= 0.6 is 0 Å². The van der Waals surface area contributed by atoms with Gasteiger partial charge in [-0.3, -0.25) is 6.08 Å². The van der Waals surface area contributed by atoms with E-state index in [0.717, 1.165) is 6.42 Å². The van der Waals surface area contributed by atoms with Gasteiger partial charge in [0.2, 0.25) is 0 Å². The summed E-state index contributed by atoms with van der Waals surface area (Å²) in [7, 11) is 0.